The van der Waals surface area contributed by atoms with E-state index in [1.165, 1.54) is 0 Å². The van der Waals surface area contributed by atoms with Crippen molar-refractivity contribution < 1.29 is 9.90 Å². The van der Waals surface area contributed by atoms with Crippen molar-refractivity contribution in [3.05, 3.63) is 35.3 Å². The van der Waals surface area contributed by atoms with E-state index in [9.17, 15) is 9.90 Å². The first-order chi connectivity index (χ1) is 11.4. The minimum absolute atomic E-state index is 0.0951. The Morgan fingerprint density at radius 1 is 1.29 bits per heavy atom. The van der Waals surface area contributed by atoms with Gasteiger partial charge >= 0.3 is 6.03 Å². The van der Waals surface area contributed by atoms with Crippen LogP contribution in [0, 0.1) is 12.3 Å². The minimum atomic E-state index is -0.213. The maximum atomic E-state index is 11.9. The second-order valence-electron chi connectivity index (χ2n) is 6.68. The Morgan fingerprint density at radius 2 is 2.00 bits per heavy atom. The van der Waals surface area contributed by atoms with Crippen molar-refractivity contribution in [3.63, 3.8) is 0 Å². The minimum Gasteiger partial charge on any atom is -0.396 e. The topological polar surface area (TPSA) is 74.2 Å². The zero-order chi connectivity index (χ0) is 17.6. The third-order valence-corrected chi connectivity index (χ3v) is 4.76. The Balaban J connectivity index is 1.78. The number of anilines is 1. The third kappa shape index (κ3) is 5.62. The number of nitrogens with one attached hydrogen (secondary N) is 2. The van der Waals surface area contributed by atoms with Gasteiger partial charge in [-0.2, -0.15) is 0 Å². The van der Waals surface area contributed by atoms with Crippen molar-refractivity contribution in [3.8, 4) is 10.6 Å². The lowest BCUT2D eigenvalue weighted by Crippen LogP contribution is -2.30. The van der Waals surface area contributed by atoms with E-state index in [-0.39, 0.29) is 18.1 Å². The summed E-state index contributed by atoms with van der Waals surface area (Å²) in [4.78, 5) is 16.3. The fraction of sp³-hybridized carbons (Fsp3) is 0.444. The molecule has 2 amide bonds. The maximum absolute atomic E-state index is 11.9. The molecular weight excluding hydrogens is 322 g/mol. The molecule has 0 saturated heterocycles. The second kappa shape index (κ2) is 8.26. The lowest BCUT2D eigenvalue weighted by atomic mass is 9.89. The van der Waals surface area contributed by atoms with E-state index < -0.39 is 0 Å². The zero-order valence-electron chi connectivity index (χ0n) is 14.4. The molecule has 0 unspecified atom stereocenters. The van der Waals surface area contributed by atoms with E-state index in [2.05, 4.69) is 15.6 Å². The number of urea groups is 1. The van der Waals surface area contributed by atoms with Crippen LogP contribution in [0.1, 0.15) is 32.4 Å². The van der Waals surface area contributed by atoms with Crippen molar-refractivity contribution in [2.24, 2.45) is 5.41 Å². The highest BCUT2D eigenvalue weighted by Gasteiger charge is 2.15. The number of amides is 2. The van der Waals surface area contributed by atoms with Crippen LogP contribution in [0.5, 0.6) is 0 Å². The monoisotopic (exact) mass is 347 g/mol. The fourth-order valence-corrected chi connectivity index (χ4v) is 3.01. The van der Waals surface area contributed by atoms with Gasteiger partial charge in [-0.15, -0.1) is 11.3 Å². The summed E-state index contributed by atoms with van der Waals surface area (Å²) >= 11 is 1.61. The molecule has 0 saturated carbocycles. The van der Waals surface area contributed by atoms with Crippen molar-refractivity contribution in [1.29, 1.82) is 0 Å². The number of aromatic nitrogens is 1. The van der Waals surface area contributed by atoms with E-state index in [1.807, 2.05) is 50.4 Å². The number of thiazole rings is 1. The Morgan fingerprint density at radius 3 is 2.58 bits per heavy atom. The van der Waals surface area contributed by atoms with Crippen molar-refractivity contribution in [2.45, 2.75) is 33.6 Å². The normalized spacial score (nSPS) is 11.3. The lowest BCUT2D eigenvalue weighted by Gasteiger charge is -2.21. The number of aliphatic hydroxyl groups excluding tert-OH is 1. The number of aryl methyl sites for hydroxylation is 1. The number of hydrogen-bond donors (Lipinski definition) is 3. The molecule has 1 aromatic carbocycles. The van der Waals surface area contributed by atoms with E-state index in [1.54, 1.807) is 11.3 Å². The molecule has 0 radical (unpaired) electrons. The first kappa shape index (κ1) is 18.4. The van der Waals surface area contributed by atoms with E-state index >= 15 is 0 Å². The van der Waals surface area contributed by atoms with E-state index in [0.717, 1.165) is 34.8 Å². The molecule has 0 aliphatic rings. The van der Waals surface area contributed by atoms with Crippen molar-refractivity contribution in [2.75, 3.05) is 18.5 Å². The van der Waals surface area contributed by atoms with Gasteiger partial charge in [-0.1, -0.05) is 13.8 Å². The highest BCUT2D eigenvalue weighted by molar-refractivity contribution is 7.13. The Bertz CT molecular complexity index is 665. The zero-order valence-corrected chi connectivity index (χ0v) is 15.2. The van der Waals surface area contributed by atoms with Crippen LogP contribution in [0.3, 0.4) is 0 Å². The van der Waals surface area contributed by atoms with Gasteiger partial charge in [0.05, 0.1) is 0 Å². The summed E-state index contributed by atoms with van der Waals surface area (Å²) in [6.45, 7) is 6.75. The first-order valence-corrected chi connectivity index (χ1v) is 8.96. The van der Waals surface area contributed by atoms with Crippen LogP contribution in [0.2, 0.25) is 0 Å². The van der Waals surface area contributed by atoms with Crippen LogP contribution in [0.25, 0.3) is 10.6 Å². The van der Waals surface area contributed by atoms with Gasteiger partial charge in [0.1, 0.15) is 5.01 Å². The van der Waals surface area contributed by atoms with Gasteiger partial charge in [-0.3, -0.25) is 0 Å². The summed E-state index contributed by atoms with van der Waals surface area (Å²) in [5.41, 5.74) is 2.72. The fourth-order valence-electron chi connectivity index (χ4n) is 2.21. The van der Waals surface area contributed by atoms with Gasteiger partial charge < -0.3 is 15.7 Å². The molecule has 24 heavy (non-hydrogen) atoms. The number of carbonyl (C=O) groups is 1. The first-order valence-electron chi connectivity index (χ1n) is 8.08. The standard InChI is InChI=1S/C18H25N3O2S/c1-13-11-24-16(20-13)14-5-7-15(8-6-14)21-17(23)19-10-4-9-18(2,3)12-22/h5-8,11,22H,4,9-10,12H2,1-3H3,(H2,19,21,23). The summed E-state index contributed by atoms with van der Waals surface area (Å²) in [5, 5.41) is 17.9. The molecule has 0 aliphatic carbocycles. The SMILES string of the molecule is Cc1csc(-c2ccc(NC(=O)NCCCC(C)(C)CO)cc2)n1. The van der Waals surface area contributed by atoms with Crippen LogP contribution < -0.4 is 10.6 Å². The molecule has 0 atom stereocenters. The average molecular weight is 347 g/mol. The molecule has 1 aromatic heterocycles. The van der Waals surface area contributed by atoms with Crippen LogP contribution in [0.4, 0.5) is 10.5 Å². The molecule has 3 N–H and O–H groups in total. The Labute approximate surface area is 147 Å². The molecule has 1 heterocycles. The molecule has 0 fully saturated rings. The number of rotatable bonds is 7. The third-order valence-electron chi connectivity index (χ3n) is 3.75. The number of aliphatic hydroxyl groups is 1. The highest BCUT2D eigenvalue weighted by atomic mass is 32.1. The molecule has 2 aromatic rings. The predicted octanol–water partition coefficient (Wildman–Crippen LogP) is 4.04. The Kier molecular flexibility index (Phi) is 6.34. The summed E-state index contributed by atoms with van der Waals surface area (Å²) < 4.78 is 0. The smallest absolute Gasteiger partial charge is 0.319 e. The van der Waals surface area contributed by atoms with Gasteiger partial charge in [0, 0.05) is 35.5 Å². The summed E-state index contributed by atoms with van der Waals surface area (Å²) in [6, 6.07) is 7.45. The van der Waals surface area contributed by atoms with Crippen molar-refractivity contribution in [1.82, 2.24) is 10.3 Å². The molecular formula is C18H25N3O2S. The number of hydrogen-bond acceptors (Lipinski definition) is 4. The van der Waals surface area contributed by atoms with Gasteiger partial charge in [0.2, 0.25) is 0 Å². The van der Waals surface area contributed by atoms with Crippen LogP contribution >= 0.6 is 11.3 Å². The summed E-state index contributed by atoms with van der Waals surface area (Å²) in [6.07, 6.45) is 1.70. The Hall–Kier alpha value is -1.92. The van der Waals surface area contributed by atoms with Gasteiger partial charge in [-0.05, 0) is 49.4 Å². The summed E-state index contributed by atoms with van der Waals surface area (Å²) in [5.74, 6) is 0. The van der Waals surface area contributed by atoms with Gasteiger partial charge in [-0.25, -0.2) is 9.78 Å². The molecule has 0 spiro atoms. The summed E-state index contributed by atoms with van der Waals surface area (Å²) in [7, 11) is 0. The largest absolute Gasteiger partial charge is 0.396 e. The maximum Gasteiger partial charge on any atom is 0.319 e. The number of carbonyl (C=O) groups excluding carboxylic acids is 1. The van der Waals surface area contributed by atoms with Crippen LogP contribution in [0.15, 0.2) is 29.6 Å². The average Bonchev–Trinajstić information content (AvgIpc) is 2.99. The van der Waals surface area contributed by atoms with Gasteiger partial charge in [0.15, 0.2) is 0 Å². The molecule has 0 bridgehead atoms. The molecule has 5 nitrogen and oxygen atoms in total. The second-order valence-corrected chi connectivity index (χ2v) is 7.54. The molecule has 2 rings (SSSR count). The molecule has 130 valence electrons. The molecule has 6 heteroatoms. The van der Waals surface area contributed by atoms with Crippen LogP contribution in [-0.4, -0.2) is 29.3 Å². The van der Waals surface area contributed by atoms with Gasteiger partial charge in [0.25, 0.3) is 0 Å². The quantitative estimate of drug-likeness (QED) is 0.662. The predicted molar refractivity (Wildman–Crippen MR) is 99.4 cm³/mol. The highest BCUT2D eigenvalue weighted by Crippen LogP contribution is 2.24. The molecule has 0 aliphatic heterocycles. The van der Waals surface area contributed by atoms with Crippen LogP contribution in [-0.2, 0) is 0 Å². The van der Waals surface area contributed by atoms with E-state index in [4.69, 9.17) is 0 Å². The number of nitrogens with zero attached hydrogens (tertiary/aromatic N) is 1. The van der Waals surface area contributed by atoms with Crippen molar-refractivity contribution >= 4 is 23.1 Å². The van der Waals surface area contributed by atoms with E-state index in [0.29, 0.717) is 6.54 Å². The lowest BCUT2D eigenvalue weighted by molar-refractivity contribution is 0.148. The number of benzene rings is 1.